The van der Waals surface area contributed by atoms with Gasteiger partial charge < -0.3 is 4.90 Å². The van der Waals surface area contributed by atoms with E-state index in [4.69, 9.17) is 11.6 Å². The molecule has 10 heteroatoms. The highest BCUT2D eigenvalue weighted by Gasteiger charge is 2.35. The van der Waals surface area contributed by atoms with Crippen molar-refractivity contribution in [3.63, 3.8) is 0 Å². The minimum atomic E-state index is -4.34. The van der Waals surface area contributed by atoms with Crippen LogP contribution in [0.1, 0.15) is 13.3 Å². The van der Waals surface area contributed by atoms with Gasteiger partial charge in [0.05, 0.1) is 17.6 Å². The number of nitrogens with zero attached hydrogens (tertiary/aromatic N) is 4. The lowest BCUT2D eigenvalue weighted by Gasteiger charge is -2.28. The predicted molar refractivity (Wildman–Crippen MR) is 92.7 cm³/mol. The van der Waals surface area contributed by atoms with E-state index in [1.54, 1.807) is 48.6 Å². The number of halogens is 4. The number of carbonyl (C=O) groups is 1. The van der Waals surface area contributed by atoms with Crippen molar-refractivity contribution in [3.8, 4) is 0 Å². The van der Waals surface area contributed by atoms with E-state index in [1.165, 1.54) is 4.90 Å². The molecule has 2 rings (SSSR count). The second kappa shape index (κ2) is 8.29. The highest BCUT2D eigenvalue weighted by atomic mass is 35.5. The summed E-state index contributed by atoms with van der Waals surface area (Å²) in [5, 5.41) is 3.47. The molecule has 1 unspecified atom stereocenters. The first-order chi connectivity index (χ1) is 11.7. The van der Waals surface area contributed by atoms with Crippen molar-refractivity contribution in [2.45, 2.75) is 24.4 Å². The monoisotopic (exact) mass is 394 g/mol. The van der Waals surface area contributed by atoms with Crippen molar-refractivity contribution >= 4 is 35.0 Å². The minimum absolute atomic E-state index is 0.198. The molecule has 1 aliphatic heterocycles. The maximum atomic E-state index is 12.3. The third-order valence-corrected chi connectivity index (χ3v) is 4.83. The van der Waals surface area contributed by atoms with Gasteiger partial charge in [-0.15, -0.1) is 0 Å². The molecule has 2 heterocycles. The van der Waals surface area contributed by atoms with Crippen molar-refractivity contribution in [2.24, 2.45) is 0 Å². The maximum Gasteiger partial charge on any atom is 0.441 e. The van der Waals surface area contributed by atoms with Crippen LogP contribution in [0.15, 0.2) is 36.4 Å². The standard InChI is InChI=1S/C15H18ClF3N4OS/c1-3-22(13(24)6-8-25-15(17,18)19)12-10-23(21(2)14(12)16)11-5-4-7-20-9-11/h4-5,7,9-10,14H,3,6,8H2,1-2H3. The van der Waals surface area contributed by atoms with Crippen LogP contribution in [-0.2, 0) is 4.79 Å². The molecule has 1 aromatic heterocycles. The van der Waals surface area contributed by atoms with E-state index in [1.807, 2.05) is 6.07 Å². The summed E-state index contributed by atoms with van der Waals surface area (Å²) in [5.41, 5.74) is -3.66. The molecule has 5 nitrogen and oxygen atoms in total. The number of thioether (sulfide) groups is 1. The zero-order valence-corrected chi connectivity index (χ0v) is 15.3. The molecular formula is C15H18ClF3N4OS. The molecule has 25 heavy (non-hydrogen) atoms. The van der Waals surface area contributed by atoms with Crippen molar-refractivity contribution in [2.75, 3.05) is 24.4 Å². The van der Waals surface area contributed by atoms with E-state index in [0.717, 1.165) is 5.69 Å². The molecule has 0 aromatic carbocycles. The summed E-state index contributed by atoms with van der Waals surface area (Å²) in [5.74, 6) is -0.709. The van der Waals surface area contributed by atoms with Gasteiger partial charge in [0.1, 0.15) is 5.50 Å². The van der Waals surface area contributed by atoms with Gasteiger partial charge in [-0.3, -0.25) is 14.8 Å². The molecule has 0 radical (unpaired) electrons. The van der Waals surface area contributed by atoms with Crippen LogP contribution in [0.25, 0.3) is 0 Å². The van der Waals surface area contributed by atoms with Crippen LogP contribution in [0.2, 0.25) is 0 Å². The van der Waals surface area contributed by atoms with Gasteiger partial charge in [-0.25, -0.2) is 0 Å². The Morgan fingerprint density at radius 1 is 1.48 bits per heavy atom. The van der Waals surface area contributed by atoms with Gasteiger partial charge in [0.25, 0.3) is 0 Å². The first-order valence-corrected chi connectivity index (χ1v) is 8.95. The summed E-state index contributed by atoms with van der Waals surface area (Å²) < 4.78 is 36.7. The molecule has 0 aliphatic carbocycles. The van der Waals surface area contributed by atoms with E-state index >= 15 is 0 Å². The molecule has 0 fully saturated rings. The summed E-state index contributed by atoms with van der Waals surface area (Å²) in [7, 11) is 1.76. The highest BCUT2D eigenvalue weighted by molar-refractivity contribution is 8.00. The first-order valence-electron chi connectivity index (χ1n) is 7.53. The highest BCUT2D eigenvalue weighted by Crippen LogP contribution is 2.33. The fourth-order valence-electron chi connectivity index (χ4n) is 2.41. The smallest absolute Gasteiger partial charge is 0.312 e. The molecule has 0 spiro atoms. The van der Waals surface area contributed by atoms with Crippen molar-refractivity contribution in [1.82, 2.24) is 14.9 Å². The quantitative estimate of drug-likeness (QED) is 0.544. The lowest BCUT2D eigenvalue weighted by atomic mass is 10.3. The first kappa shape index (κ1) is 19.9. The molecule has 0 saturated heterocycles. The van der Waals surface area contributed by atoms with Gasteiger partial charge >= 0.3 is 5.51 Å². The van der Waals surface area contributed by atoms with Crippen molar-refractivity contribution in [1.29, 1.82) is 0 Å². The van der Waals surface area contributed by atoms with Crippen LogP contribution >= 0.6 is 23.4 Å². The van der Waals surface area contributed by atoms with Crippen LogP contribution in [0.3, 0.4) is 0 Å². The molecule has 0 N–H and O–H groups in total. The van der Waals surface area contributed by atoms with Crippen LogP contribution in [0, 0.1) is 0 Å². The Balaban J connectivity index is 2.12. The predicted octanol–water partition coefficient (Wildman–Crippen LogP) is 3.65. The van der Waals surface area contributed by atoms with Crippen molar-refractivity contribution in [3.05, 3.63) is 36.4 Å². The lowest BCUT2D eigenvalue weighted by molar-refractivity contribution is -0.128. The van der Waals surface area contributed by atoms with Gasteiger partial charge in [-0.2, -0.15) is 18.2 Å². The van der Waals surface area contributed by atoms with E-state index in [2.05, 4.69) is 4.98 Å². The SMILES string of the molecule is CCN(C(=O)CCSC(F)(F)F)C1=CN(c2cccnc2)N(C)C1Cl. The molecule has 1 aliphatic rings. The maximum absolute atomic E-state index is 12.3. The van der Waals surface area contributed by atoms with Gasteiger partial charge in [0.2, 0.25) is 5.91 Å². The number of amides is 1. The molecule has 138 valence electrons. The van der Waals surface area contributed by atoms with E-state index < -0.39 is 16.9 Å². The van der Waals surface area contributed by atoms with E-state index in [0.29, 0.717) is 12.2 Å². The summed E-state index contributed by atoms with van der Waals surface area (Å²) in [4.78, 5) is 17.8. The molecule has 0 saturated carbocycles. The summed E-state index contributed by atoms with van der Waals surface area (Å²) >= 11 is 6.22. The third-order valence-electron chi connectivity index (χ3n) is 3.59. The van der Waals surface area contributed by atoms with Gasteiger partial charge in [-0.1, -0.05) is 23.4 Å². The third kappa shape index (κ3) is 5.02. The molecule has 1 amide bonds. The topological polar surface area (TPSA) is 39.7 Å². The molecular weight excluding hydrogens is 377 g/mol. The largest absolute Gasteiger partial charge is 0.441 e. The average molecular weight is 395 g/mol. The Morgan fingerprint density at radius 3 is 2.76 bits per heavy atom. The van der Waals surface area contributed by atoms with Crippen LogP contribution in [0.4, 0.5) is 18.9 Å². The molecule has 1 aromatic rings. The van der Waals surface area contributed by atoms with Gasteiger partial charge in [0, 0.05) is 38.2 Å². The van der Waals surface area contributed by atoms with E-state index in [-0.39, 0.29) is 23.9 Å². The number of anilines is 1. The van der Waals surface area contributed by atoms with Crippen LogP contribution in [-0.4, -0.2) is 51.2 Å². The van der Waals surface area contributed by atoms with Gasteiger partial charge in [-0.05, 0) is 19.1 Å². The number of rotatable bonds is 6. The number of hydrogen-bond acceptors (Lipinski definition) is 5. The Kier molecular flexibility index (Phi) is 6.59. The Hall–Kier alpha value is -1.45. The second-order valence-corrected chi connectivity index (χ2v) is 6.77. The zero-order valence-electron chi connectivity index (χ0n) is 13.7. The normalized spacial score (nSPS) is 18.4. The van der Waals surface area contributed by atoms with Crippen LogP contribution in [0.5, 0.6) is 0 Å². The lowest BCUT2D eigenvalue weighted by Crippen LogP contribution is -2.39. The zero-order chi connectivity index (χ0) is 18.6. The summed E-state index contributed by atoms with van der Waals surface area (Å²) in [6.45, 7) is 2.07. The summed E-state index contributed by atoms with van der Waals surface area (Å²) in [6, 6.07) is 3.61. The molecule has 1 atom stereocenters. The fourth-order valence-corrected chi connectivity index (χ4v) is 3.19. The second-order valence-electron chi connectivity index (χ2n) is 5.20. The van der Waals surface area contributed by atoms with Gasteiger partial charge in [0.15, 0.2) is 0 Å². The molecule has 0 bridgehead atoms. The fraction of sp³-hybridized carbons (Fsp3) is 0.467. The minimum Gasteiger partial charge on any atom is -0.312 e. The number of hydrogen-bond donors (Lipinski definition) is 0. The number of pyridine rings is 1. The number of carbonyl (C=O) groups excluding carboxylic acids is 1. The Labute approximate surface area is 153 Å². The number of aromatic nitrogens is 1. The number of likely N-dealkylation sites (N-methyl/N-ethyl adjacent to an activating group) is 2. The summed E-state index contributed by atoms with van der Waals surface area (Å²) in [6.07, 6.45) is 4.78. The number of alkyl halides is 4. The average Bonchev–Trinajstić information content (AvgIpc) is 2.84. The number of hydrazine groups is 1. The van der Waals surface area contributed by atoms with Crippen molar-refractivity contribution < 1.29 is 18.0 Å². The Morgan fingerprint density at radius 2 is 2.20 bits per heavy atom. The van der Waals surface area contributed by atoms with Crippen LogP contribution < -0.4 is 5.01 Å². The Bertz CT molecular complexity index is 629. The van der Waals surface area contributed by atoms with E-state index in [9.17, 15) is 18.0 Å².